The fourth-order valence-electron chi connectivity index (χ4n) is 2.22. The van der Waals surface area contributed by atoms with Crippen LogP contribution in [0.5, 0.6) is 5.75 Å². The quantitative estimate of drug-likeness (QED) is 0.717. The number of aromatic nitrogens is 1. The highest BCUT2D eigenvalue weighted by atomic mass is 16.5. The Morgan fingerprint density at radius 3 is 2.40 bits per heavy atom. The third-order valence-corrected chi connectivity index (χ3v) is 3.52. The molecule has 1 aromatic heterocycles. The summed E-state index contributed by atoms with van der Waals surface area (Å²) >= 11 is 0. The van der Waals surface area contributed by atoms with Gasteiger partial charge in [0.25, 0.3) is 0 Å². The Morgan fingerprint density at radius 2 is 1.68 bits per heavy atom. The molecule has 0 fully saturated rings. The van der Waals surface area contributed by atoms with Crippen molar-refractivity contribution >= 4 is 11.7 Å². The zero-order valence-electron chi connectivity index (χ0n) is 13.7. The lowest BCUT2D eigenvalue weighted by atomic mass is 10.2. The first-order valence-electron chi connectivity index (χ1n) is 8.01. The normalized spacial score (nSPS) is 10.1. The monoisotopic (exact) mass is 333 g/mol. The van der Waals surface area contributed by atoms with Crippen LogP contribution in [-0.4, -0.2) is 11.0 Å². The second kappa shape index (κ2) is 8.49. The van der Waals surface area contributed by atoms with Crippen molar-refractivity contribution in [2.75, 3.05) is 5.32 Å². The molecule has 3 aromatic rings. The van der Waals surface area contributed by atoms with E-state index in [1.807, 2.05) is 60.7 Å². The predicted molar refractivity (Wildman–Crippen MR) is 97.3 cm³/mol. The first kappa shape index (κ1) is 16.5. The van der Waals surface area contributed by atoms with Gasteiger partial charge in [0.1, 0.15) is 12.4 Å². The fraction of sp³-hybridized carbons (Fsp3) is 0.100. The molecule has 0 bridgehead atoms. The number of pyridine rings is 1. The molecule has 5 heteroatoms. The first-order valence-corrected chi connectivity index (χ1v) is 8.01. The summed E-state index contributed by atoms with van der Waals surface area (Å²) in [5, 5.41) is 5.54. The van der Waals surface area contributed by atoms with Crippen LogP contribution >= 0.6 is 0 Å². The Labute approximate surface area is 146 Å². The van der Waals surface area contributed by atoms with Crippen molar-refractivity contribution in [3.8, 4) is 5.75 Å². The van der Waals surface area contributed by atoms with E-state index in [1.165, 1.54) is 0 Å². The van der Waals surface area contributed by atoms with Crippen LogP contribution in [0.2, 0.25) is 0 Å². The molecule has 0 saturated heterocycles. The highest BCUT2D eigenvalue weighted by Crippen LogP contribution is 2.17. The number of anilines is 1. The molecule has 2 aromatic carbocycles. The van der Waals surface area contributed by atoms with Gasteiger partial charge in [-0.2, -0.15) is 0 Å². The maximum absolute atomic E-state index is 11.9. The van der Waals surface area contributed by atoms with E-state index >= 15 is 0 Å². The van der Waals surface area contributed by atoms with E-state index in [2.05, 4.69) is 15.6 Å². The minimum Gasteiger partial charge on any atom is -0.489 e. The number of nitrogens with one attached hydrogen (secondary N) is 2. The molecule has 126 valence electrons. The summed E-state index contributed by atoms with van der Waals surface area (Å²) in [6.45, 7) is 0.892. The van der Waals surface area contributed by atoms with E-state index in [-0.39, 0.29) is 6.03 Å². The predicted octanol–water partition coefficient (Wildman–Crippen LogP) is 3.98. The van der Waals surface area contributed by atoms with Gasteiger partial charge in [0.2, 0.25) is 0 Å². The zero-order valence-corrected chi connectivity index (χ0v) is 13.7. The fourth-order valence-corrected chi connectivity index (χ4v) is 2.22. The molecule has 2 amide bonds. The van der Waals surface area contributed by atoms with Crippen molar-refractivity contribution in [3.05, 3.63) is 90.3 Å². The number of amides is 2. The van der Waals surface area contributed by atoms with E-state index < -0.39 is 0 Å². The van der Waals surface area contributed by atoms with Gasteiger partial charge in [-0.15, -0.1) is 0 Å². The maximum Gasteiger partial charge on any atom is 0.319 e. The number of carbonyl (C=O) groups excluding carboxylic acids is 1. The molecule has 5 nitrogen and oxygen atoms in total. The lowest BCUT2D eigenvalue weighted by Crippen LogP contribution is -2.28. The number of ether oxygens (including phenoxy) is 1. The Balaban J connectivity index is 1.46. The van der Waals surface area contributed by atoms with Gasteiger partial charge in [-0.1, -0.05) is 36.4 Å². The van der Waals surface area contributed by atoms with Crippen LogP contribution in [0.15, 0.2) is 79.0 Å². The van der Waals surface area contributed by atoms with Crippen molar-refractivity contribution in [2.24, 2.45) is 0 Å². The lowest BCUT2D eigenvalue weighted by molar-refractivity contribution is 0.251. The van der Waals surface area contributed by atoms with Crippen LogP contribution in [0.4, 0.5) is 10.5 Å². The highest BCUT2D eigenvalue weighted by Gasteiger charge is 2.03. The number of carbonyl (C=O) groups is 1. The molecule has 3 rings (SSSR count). The Hall–Kier alpha value is -3.34. The smallest absolute Gasteiger partial charge is 0.319 e. The number of benzene rings is 2. The molecule has 2 N–H and O–H groups in total. The Bertz CT molecular complexity index is 790. The topological polar surface area (TPSA) is 63.2 Å². The molecular weight excluding hydrogens is 314 g/mol. The third-order valence-electron chi connectivity index (χ3n) is 3.52. The summed E-state index contributed by atoms with van der Waals surface area (Å²) in [6.07, 6.45) is 1.70. The van der Waals surface area contributed by atoms with Crippen molar-refractivity contribution < 1.29 is 9.53 Å². The van der Waals surface area contributed by atoms with E-state index in [4.69, 9.17) is 4.74 Å². The summed E-state index contributed by atoms with van der Waals surface area (Å²) in [4.78, 5) is 16.1. The second-order valence-electron chi connectivity index (χ2n) is 5.43. The van der Waals surface area contributed by atoms with Gasteiger partial charge in [0, 0.05) is 11.9 Å². The number of hydrogen-bond acceptors (Lipinski definition) is 3. The van der Waals surface area contributed by atoms with Gasteiger partial charge in [0.05, 0.1) is 12.2 Å². The summed E-state index contributed by atoms with van der Waals surface area (Å²) < 4.78 is 5.72. The average molecular weight is 333 g/mol. The summed E-state index contributed by atoms with van der Waals surface area (Å²) in [6, 6.07) is 22.6. The SMILES string of the molecule is O=C(NCc1ccccn1)Nc1ccc(OCc2ccccc2)cc1. The van der Waals surface area contributed by atoms with Gasteiger partial charge in [-0.25, -0.2) is 4.79 Å². The molecule has 0 spiro atoms. The standard InChI is InChI=1S/C20H19N3O2/c24-20(22-14-18-8-4-5-13-21-18)23-17-9-11-19(12-10-17)25-15-16-6-2-1-3-7-16/h1-13H,14-15H2,(H2,22,23,24). The van der Waals surface area contributed by atoms with E-state index in [0.29, 0.717) is 18.8 Å². The largest absolute Gasteiger partial charge is 0.489 e. The minimum absolute atomic E-state index is 0.274. The van der Waals surface area contributed by atoms with E-state index in [0.717, 1.165) is 17.0 Å². The van der Waals surface area contributed by atoms with E-state index in [9.17, 15) is 4.79 Å². The lowest BCUT2D eigenvalue weighted by Gasteiger charge is -2.09. The Kier molecular flexibility index (Phi) is 5.61. The van der Waals surface area contributed by atoms with Crippen molar-refractivity contribution in [3.63, 3.8) is 0 Å². The van der Waals surface area contributed by atoms with E-state index in [1.54, 1.807) is 18.3 Å². The van der Waals surface area contributed by atoms with Crippen LogP contribution in [0, 0.1) is 0 Å². The molecule has 0 aliphatic carbocycles. The van der Waals surface area contributed by atoms with Crippen LogP contribution < -0.4 is 15.4 Å². The number of hydrogen-bond donors (Lipinski definition) is 2. The first-order chi connectivity index (χ1) is 12.3. The second-order valence-corrected chi connectivity index (χ2v) is 5.43. The molecule has 1 heterocycles. The molecule has 0 atom stereocenters. The van der Waals surface area contributed by atoms with Gasteiger partial charge in [-0.05, 0) is 42.0 Å². The van der Waals surface area contributed by atoms with Gasteiger partial charge in [0.15, 0.2) is 0 Å². The zero-order chi connectivity index (χ0) is 17.3. The molecule has 0 aliphatic rings. The molecule has 25 heavy (non-hydrogen) atoms. The number of rotatable bonds is 6. The minimum atomic E-state index is -0.274. The van der Waals surface area contributed by atoms with Gasteiger partial charge >= 0.3 is 6.03 Å². The molecule has 0 saturated carbocycles. The summed E-state index contributed by atoms with van der Waals surface area (Å²) in [7, 11) is 0. The average Bonchev–Trinajstić information content (AvgIpc) is 2.67. The number of nitrogens with zero attached hydrogens (tertiary/aromatic N) is 1. The van der Waals surface area contributed by atoms with Crippen molar-refractivity contribution in [2.45, 2.75) is 13.2 Å². The van der Waals surface area contributed by atoms with Crippen LogP contribution in [0.25, 0.3) is 0 Å². The molecule has 0 unspecified atom stereocenters. The summed E-state index contributed by atoms with van der Waals surface area (Å²) in [5.41, 5.74) is 2.62. The van der Waals surface area contributed by atoms with Crippen LogP contribution in [0.3, 0.4) is 0 Å². The van der Waals surface area contributed by atoms with Gasteiger partial charge in [-0.3, -0.25) is 4.98 Å². The summed E-state index contributed by atoms with van der Waals surface area (Å²) in [5.74, 6) is 0.753. The van der Waals surface area contributed by atoms with Crippen LogP contribution in [-0.2, 0) is 13.2 Å². The third kappa shape index (κ3) is 5.35. The Morgan fingerprint density at radius 1 is 0.920 bits per heavy atom. The number of urea groups is 1. The molecule has 0 aliphatic heterocycles. The van der Waals surface area contributed by atoms with Gasteiger partial charge < -0.3 is 15.4 Å². The maximum atomic E-state index is 11.9. The van der Waals surface area contributed by atoms with Crippen molar-refractivity contribution in [1.29, 1.82) is 0 Å². The molecule has 0 radical (unpaired) electrons. The highest BCUT2D eigenvalue weighted by molar-refractivity contribution is 5.89. The molecular formula is C20H19N3O2. The van der Waals surface area contributed by atoms with Crippen LogP contribution in [0.1, 0.15) is 11.3 Å². The van der Waals surface area contributed by atoms with Crippen molar-refractivity contribution in [1.82, 2.24) is 10.3 Å².